The van der Waals surface area contributed by atoms with Crippen LogP contribution in [0.25, 0.3) is 0 Å². The second-order valence-electron chi connectivity index (χ2n) is 4.18. The molecule has 96 valence electrons. The third kappa shape index (κ3) is 4.97. The summed E-state index contributed by atoms with van der Waals surface area (Å²) in [5.74, 6) is 0.462. The van der Waals surface area contributed by atoms with E-state index >= 15 is 0 Å². The Labute approximate surface area is 100 Å². The number of carbonyl (C=O) groups is 1. The Balaban J connectivity index is 4.47. The minimum atomic E-state index is -0.0697. The molecule has 0 fully saturated rings. The van der Waals surface area contributed by atoms with Gasteiger partial charge in [-0.3, -0.25) is 4.79 Å². The van der Waals surface area contributed by atoms with E-state index in [0.717, 1.165) is 19.5 Å². The predicted octanol–water partition coefficient (Wildman–Crippen LogP) is 2.70. The molecular weight excluding hydrogens is 202 g/mol. The number of nitrogens with zero attached hydrogens (tertiary/aromatic N) is 1. The second-order valence-corrected chi connectivity index (χ2v) is 4.18. The zero-order chi connectivity index (χ0) is 12.6. The van der Waals surface area contributed by atoms with E-state index in [0.29, 0.717) is 25.0 Å². The summed E-state index contributed by atoms with van der Waals surface area (Å²) < 4.78 is 5.04. The van der Waals surface area contributed by atoms with Crippen LogP contribution in [0.3, 0.4) is 0 Å². The van der Waals surface area contributed by atoms with Crippen LogP contribution in [0.1, 0.15) is 47.5 Å². The Hall–Kier alpha value is -0.570. The van der Waals surface area contributed by atoms with E-state index < -0.39 is 0 Å². The lowest BCUT2D eigenvalue weighted by atomic mass is 9.94. The van der Waals surface area contributed by atoms with E-state index in [1.54, 1.807) is 0 Å². The largest absolute Gasteiger partial charge is 0.466 e. The van der Waals surface area contributed by atoms with Crippen molar-refractivity contribution in [3.63, 3.8) is 0 Å². The van der Waals surface area contributed by atoms with Gasteiger partial charge in [0.1, 0.15) is 0 Å². The van der Waals surface area contributed by atoms with Gasteiger partial charge in [0, 0.05) is 6.04 Å². The summed E-state index contributed by atoms with van der Waals surface area (Å²) in [7, 11) is 0. The van der Waals surface area contributed by atoms with Crippen molar-refractivity contribution in [3.8, 4) is 0 Å². The summed E-state index contributed by atoms with van der Waals surface area (Å²) in [5.41, 5.74) is 0. The van der Waals surface area contributed by atoms with E-state index in [1.165, 1.54) is 0 Å². The molecule has 0 amide bonds. The van der Waals surface area contributed by atoms with Crippen molar-refractivity contribution in [2.24, 2.45) is 5.92 Å². The highest BCUT2D eigenvalue weighted by Gasteiger charge is 2.24. The zero-order valence-electron chi connectivity index (χ0n) is 11.5. The molecule has 0 heterocycles. The first-order chi connectivity index (χ1) is 7.60. The molecular formula is C13H27NO2. The van der Waals surface area contributed by atoms with Crippen LogP contribution in [0.5, 0.6) is 0 Å². The number of hydrogen-bond donors (Lipinski definition) is 0. The Morgan fingerprint density at radius 3 is 2.12 bits per heavy atom. The fourth-order valence-corrected chi connectivity index (χ4v) is 2.05. The van der Waals surface area contributed by atoms with Crippen LogP contribution in [0.15, 0.2) is 0 Å². The predicted molar refractivity (Wildman–Crippen MR) is 67.4 cm³/mol. The number of rotatable bonds is 8. The van der Waals surface area contributed by atoms with Gasteiger partial charge in [-0.15, -0.1) is 0 Å². The van der Waals surface area contributed by atoms with Crippen LogP contribution in [-0.2, 0) is 9.53 Å². The van der Waals surface area contributed by atoms with Gasteiger partial charge in [-0.2, -0.15) is 0 Å². The minimum Gasteiger partial charge on any atom is -0.466 e. The molecule has 0 aliphatic carbocycles. The zero-order valence-corrected chi connectivity index (χ0v) is 11.5. The van der Waals surface area contributed by atoms with Crippen LogP contribution in [-0.4, -0.2) is 36.6 Å². The van der Waals surface area contributed by atoms with Crippen LogP contribution in [0, 0.1) is 5.92 Å². The molecule has 0 rings (SSSR count). The Kier molecular flexibility index (Phi) is 8.26. The maximum atomic E-state index is 11.6. The molecule has 0 aromatic carbocycles. The highest BCUT2D eigenvalue weighted by Crippen LogP contribution is 2.18. The van der Waals surface area contributed by atoms with E-state index in [-0.39, 0.29) is 5.97 Å². The first kappa shape index (κ1) is 15.4. The Bertz CT molecular complexity index is 190. The van der Waals surface area contributed by atoms with Crippen molar-refractivity contribution < 1.29 is 9.53 Å². The van der Waals surface area contributed by atoms with Crippen LogP contribution in [0.4, 0.5) is 0 Å². The fourth-order valence-electron chi connectivity index (χ4n) is 2.05. The molecule has 3 heteroatoms. The van der Waals surface area contributed by atoms with Gasteiger partial charge in [-0.1, -0.05) is 34.1 Å². The van der Waals surface area contributed by atoms with Crippen LogP contribution < -0.4 is 0 Å². The fraction of sp³-hybridized carbons (Fsp3) is 0.923. The summed E-state index contributed by atoms with van der Waals surface area (Å²) in [6.07, 6.45) is 1.62. The molecule has 2 unspecified atom stereocenters. The van der Waals surface area contributed by atoms with E-state index in [4.69, 9.17) is 4.74 Å². The lowest BCUT2D eigenvalue weighted by Crippen LogP contribution is -2.41. The van der Waals surface area contributed by atoms with Crippen molar-refractivity contribution in [1.29, 1.82) is 0 Å². The Morgan fingerprint density at radius 2 is 1.75 bits per heavy atom. The standard InChI is InChI=1S/C13H27NO2/c1-6-11(5)12(14(7-2)8-3)10-13(15)16-9-4/h11-12H,6-10H2,1-5H3. The van der Waals surface area contributed by atoms with Crippen molar-refractivity contribution in [1.82, 2.24) is 4.90 Å². The molecule has 0 aromatic rings. The molecule has 0 saturated heterocycles. The number of esters is 1. The summed E-state index contributed by atoms with van der Waals surface area (Å²) in [5, 5.41) is 0. The summed E-state index contributed by atoms with van der Waals surface area (Å²) in [6, 6.07) is 0.319. The Morgan fingerprint density at radius 1 is 1.19 bits per heavy atom. The molecule has 0 spiro atoms. The molecule has 0 N–H and O–H groups in total. The third-order valence-corrected chi connectivity index (χ3v) is 3.26. The average molecular weight is 229 g/mol. The number of carbonyl (C=O) groups excluding carboxylic acids is 1. The average Bonchev–Trinajstić information content (AvgIpc) is 2.28. The van der Waals surface area contributed by atoms with Gasteiger partial charge in [0.15, 0.2) is 0 Å². The summed E-state index contributed by atoms with van der Waals surface area (Å²) >= 11 is 0. The molecule has 0 radical (unpaired) electrons. The number of hydrogen-bond acceptors (Lipinski definition) is 3. The first-order valence-corrected chi connectivity index (χ1v) is 6.50. The smallest absolute Gasteiger partial charge is 0.307 e. The van der Waals surface area contributed by atoms with Crippen molar-refractivity contribution in [3.05, 3.63) is 0 Å². The van der Waals surface area contributed by atoms with Gasteiger partial charge >= 0.3 is 5.97 Å². The molecule has 0 aliphatic rings. The maximum Gasteiger partial charge on any atom is 0.307 e. The van der Waals surface area contributed by atoms with Crippen molar-refractivity contribution in [2.75, 3.05) is 19.7 Å². The molecule has 16 heavy (non-hydrogen) atoms. The van der Waals surface area contributed by atoms with Gasteiger partial charge in [0.2, 0.25) is 0 Å². The molecule has 2 atom stereocenters. The lowest BCUT2D eigenvalue weighted by molar-refractivity contribution is -0.145. The first-order valence-electron chi connectivity index (χ1n) is 6.50. The summed E-state index contributed by atoms with van der Waals surface area (Å²) in [4.78, 5) is 13.9. The lowest BCUT2D eigenvalue weighted by Gasteiger charge is -2.33. The molecule has 0 saturated carbocycles. The third-order valence-electron chi connectivity index (χ3n) is 3.26. The quantitative estimate of drug-likeness (QED) is 0.599. The van der Waals surface area contributed by atoms with E-state index in [9.17, 15) is 4.79 Å². The monoisotopic (exact) mass is 229 g/mol. The van der Waals surface area contributed by atoms with E-state index in [2.05, 4.69) is 32.6 Å². The molecule has 0 aromatic heterocycles. The molecule has 0 aliphatic heterocycles. The van der Waals surface area contributed by atoms with Crippen molar-refractivity contribution in [2.45, 2.75) is 53.5 Å². The topological polar surface area (TPSA) is 29.5 Å². The van der Waals surface area contributed by atoms with Gasteiger partial charge in [-0.25, -0.2) is 0 Å². The highest BCUT2D eigenvalue weighted by molar-refractivity contribution is 5.70. The minimum absolute atomic E-state index is 0.0697. The second kappa shape index (κ2) is 8.57. The van der Waals surface area contributed by atoms with Gasteiger partial charge in [0.05, 0.1) is 13.0 Å². The van der Waals surface area contributed by atoms with Crippen LogP contribution in [0.2, 0.25) is 0 Å². The van der Waals surface area contributed by atoms with E-state index in [1.807, 2.05) is 6.92 Å². The molecule has 0 bridgehead atoms. The SMILES string of the molecule is CCOC(=O)CC(C(C)CC)N(CC)CC. The summed E-state index contributed by atoms with van der Waals surface area (Å²) in [6.45, 7) is 13.0. The van der Waals surface area contributed by atoms with Gasteiger partial charge in [-0.05, 0) is 25.9 Å². The highest BCUT2D eigenvalue weighted by atomic mass is 16.5. The van der Waals surface area contributed by atoms with Gasteiger partial charge in [0.25, 0.3) is 0 Å². The van der Waals surface area contributed by atoms with Gasteiger partial charge < -0.3 is 9.64 Å². The maximum absolute atomic E-state index is 11.6. The molecule has 3 nitrogen and oxygen atoms in total. The normalized spacial score (nSPS) is 14.9. The number of ether oxygens (including phenoxy) is 1. The van der Waals surface area contributed by atoms with Crippen LogP contribution >= 0.6 is 0 Å². The van der Waals surface area contributed by atoms with Crippen molar-refractivity contribution >= 4 is 5.97 Å².